The summed E-state index contributed by atoms with van der Waals surface area (Å²) in [6.45, 7) is 3.59. The summed E-state index contributed by atoms with van der Waals surface area (Å²) in [4.78, 5) is 25.8. The van der Waals surface area contributed by atoms with Crippen LogP contribution in [0.25, 0.3) is 0 Å². The highest BCUT2D eigenvalue weighted by molar-refractivity contribution is 7.98. The Kier molecular flexibility index (Phi) is 8.09. The Labute approximate surface area is 159 Å². The molecule has 1 aromatic carbocycles. The van der Waals surface area contributed by atoms with Gasteiger partial charge in [-0.25, -0.2) is 0 Å². The number of hydrogen-bond donors (Lipinski definition) is 1. The fourth-order valence-electron chi connectivity index (χ4n) is 2.90. The van der Waals surface area contributed by atoms with Crippen LogP contribution in [0.2, 0.25) is 0 Å². The first-order valence-electron chi connectivity index (χ1n) is 8.92. The molecular formula is C19H28N2O4S. The van der Waals surface area contributed by atoms with Crippen molar-refractivity contribution in [2.24, 2.45) is 0 Å². The van der Waals surface area contributed by atoms with Gasteiger partial charge in [-0.3, -0.25) is 9.59 Å². The van der Waals surface area contributed by atoms with E-state index in [1.165, 1.54) is 0 Å². The fourth-order valence-corrected chi connectivity index (χ4v) is 3.33. The maximum absolute atomic E-state index is 12.6. The minimum atomic E-state index is -0.152. The van der Waals surface area contributed by atoms with Gasteiger partial charge in [0.05, 0.1) is 12.7 Å². The van der Waals surface area contributed by atoms with E-state index >= 15 is 0 Å². The first-order chi connectivity index (χ1) is 12.5. The van der Waals surface area contributed by atoms with Gasteiger partial charge in [-0.2, -0.15) is 11.8 Å². The quantitative estimate of drug-likeness (QED) is 0.702. The highest BCUT2D eigenvalue weighted by Crippen LogP contribution is 2.27. The number of carbonyl (C=O) groups is 2. The van der Waals surface area contributed by atoms with E-state index in [0.29, 0.717) is 36.7 Å². The lowest BCUT2D eigenvalue weighted by atomic mass is 10.1. The zero-order valence-corrected chi connectivity index (χ0v) is 16.6. The second kappa shape index (κ2) is 10.3. The van der Waals surface area contributed by atoms with E-state index < -0.39 is 0 Å². The molecule has 0 bridgehead atoms. The van der Waals surface area contributed by atoms with Crippen molar-refractivity contribution in [3.63, 3.8) is 0 Å². The molecule has 1 fully saturated rings. The smallest absolute Gasteiger partial charge is 0.255 e. The molecule has 0 radical (unpaired) electrons. The van der Waals surface area contributed by atoms with Crippen LogP contribution >= 0.6 is 11.8 Å². The van der Waals surface area contributed by atoms with Crippen molar-refractivity contribution >= 4 is 23.6 Å². The summed E-state index contributed by atoms with van der Waals surface area (Å²) >= 11 is 1.76. The average Bonchev–Trinajstić information content (AvgIpc) is 2.65. The predicted octanol–water partition coefficient (Wildman–Crippen LogP) is 2.57. The molecule has 6 nitrogen and oxygen atoms in total. The molecule has 0 aliphatic carbocycles. The number of thioether (sulfide) groups is 1. The summed E-state index contributed by atoms with van der Waals surface area (Å²) in [6, 6.07) is 5.29. The Morgan fingerprint density at radius 1 is 1.31 bits per heavy atom. The monoisotopic (exact) mass is 380 g/mol. The Morgan fingerprint density at radius 2 is 2.04 bits per heavy atom. The highest BCUT2D eigenvalue weighted by Gasteiger charge is 2.24. The average molecular weight is 381 g/mol. The van der Waals surface area contributed by atoms with Crippen molar-refractivity contribution in [1.29, 1.82) is 0 Å². The van der Waals surface area contributed by atoms with Crippen LogP contribution in [0, 0.1) is 0 Å². The maximum Gasteiger partial charge on any atom is 0.255 e. The largest absolute Gasteiger partial charge is 0.497 e. The van der Waals surface area contributed by atoms with Gasteiger partial charge in [-0.1, -0.05) is 0 Å². The minimum absolute atomic E-state index is 0.00189. The third-order valence-corrected chi connectivity index (χ3v) is 5.12. The van der Waals surface area contributed by atoms with Crippen LogP contribution in [0.3, 0.4) is 0 Å². The van der Waals surface area contributed by atoms with Gasteiger partial charge < -0.3 is 19.7 Å². The second-order valence-corrected chi connectivity index (χ2v) is 7.27. The Balaban J connectivity index is 2.03. The summed E-state index contributed by atoms with van der Waals surface area (Å²) in [7, 11) is 1.58. The summed E-state index contributed by atoms with van der Waals surface area (Å²) < 4.78 is 11.4. The van der Waals surface area contributed by atoms with Gasteiger partial charge in [-0.05, 0) is 36.6 Å². The molecule has 0 atom stereocenters. The predicted molar refractivity (Wildman–Crippen MR) is 104 cm³/mol. The summed E-state index contributed by atoms with van der Waals surface area (Å²) in [5, 5.41) is 2.94. The van der Waals surface area contributed by atoms with E-state index in [-0.39, 0.29) is 17.9 Å². The van der Waals surface area contributed by atoms with Crippen molar-refractivity contribution in [3.05, 3.63) is 23.8 Å². The van der Waals surface area contributed by atoms with Crippen molar-refractivity contribution in [1.82, 2.24) is 10.2 Å². The lowest BCUT2D eigenvalue weighted by Gasteiger charge is -2.31. The number of nitrogens with one attached hydrogen (secondary N) is 1. The number of carbonyl (C=O) groups excluding carboxylic acids is 2. The van der Waals surface area contributed by atoms with Gasteiger partial charge in [0.15, 0.2) is 0 Å². The van der Waals surface area contributed by atoms with Gasteiger partial charge in [0.25, 0.3) is 5.91 Å². The van der Waals surface area contributed by atoms with Crippen LogP contribution in [0.15, 0.2) is 18.2 Å². The summed E-state index contributed by atoms with van der Waals surface area (Å²) in [6.07, 6.45) is 4.51. The van der Waals surface area contributed by atoms with Gasteiger partial charge in [0.2, 0.25) is 5.91 Å². The Morgan fingerprint density at radius 3 is 2.65 bits per heavy atom. The number of nitrogens with zero attached hydrogens (tertiary/aromatic N) is 1. The molecule has 0 saturated carbocycles. The maximum atomic E-state index is 12.6. The first-order valence-corrected chi connectivity index (χ1v) is 10.3. The number of rotatable bonds is 8. The second-order valence-electron chi connectivity index (χ2n) is 6.29. The Hall–Kier alpha value is -1.89. The molecule has 7 heteroatoms. The third kappa shape index (κ3) is 5.83. The number of amides is 2. The van der Waals surface area contributed by atoms with Crippen molar-refractivity contribution in [2.45, 2.75) is 32.3 Å². The van der Waals surface area contributed by atoms with Crippen molar-refractivity contribution in [2.75, 3.05) is 38.8 Å². The van der Waals surface area contributed by atoms with Gasteiger partial charge >= 0.3 is 0 Å². The number of piperidine rings is 1. The van der Waals surface area contributed by atoms with E-state index in [4.69, 9.17) is 9.47 Å². The molecule has 1 aromatic rings. The van der Waals surface area contributed by atoms with Gasteiger partial charge in [0.1, 0.15) is 17.6 Å². The van der Waals surface area contributed by atoms with Crippen molar-refractivity contribution in [3.8, 4) is 11.5 Å². The molecule has 0 unspecified atom stereocenters. The Bertz CT molecular complexity index is 616. The summed E-state index contributed by atoms with van der Waals surface area (Å²) in [5.74, 6) is 2.14. The van der Waals surface area contributed by atoms with E-state index in [2.05, 4.69) is 5.32 Å². The highest BCUT2D eigenvalue weighted by atomic mass is 32.2. The number of likely N-dealkylation sites (tertiary alicyclic amines) is 1. The van der Waals surface area contributed by atoms with E-state index in [9.17, 15) is 9.59 Å². The van der Waals surface area contributed by atoms with Gasteiger partial charge in [-0.15, -0.1) is 0 Å². The van der Waals surface area contributed by atoms with Crippen LogP contribution in [0.4, 0.5) is 0 Å². The molecular weight excluding hydrogens is 352 g/mol. The first kappa shape index (κ1) is 20.4. The number of hydrogen-bond acceptors (Lipinski definition) is 5. The third-order valence-electron chi connectivity index (χ3n) is 4.42. The normalized spacial score (nSPS) is 14.8. The molecule has 1 saturated heterocycles. The van der Waals surface area contributed by atoms with Gasteiger partial charge in [0, 0.05) is 39.4 Å². The van der Waals surface area contributed by atoms with Crippen LogP contribution in [-0.4, -0.2) is 61.6 Å². The zero-order chi connectivity index (χ0) is 18.9. The standard InChI is InChI=1S/C19H28N2O4S/c1-14(22)21-10-7-15(8-11-21)25-18-6-5-16(24-2)13-17(18)19(23)20-9-4-12-26-3/h5-6,13,15H,4,7-12H2,1-3H3,(H,20,23). The molecule has 2 rings (SSSR count). The topological polar surface area (TPSA) is 67.9 Å². The van der Waals surface area contributed by atoms with Crippen LogP contribution in [0.5, 0.6) is 11.5 Å². The SMILES string of the molecule is COc1ccc(OC2CCN(C(C)=O)CC2)c(C(=O)NCCCSC)c1. The molecule has 2 amide bonds. The molecule has 1 heterocycles. The van der Waals surface area contributed by atoms with Crippen LogP contribution in [0.1, 0.15) is 36.5 Å². The molecule has 0 aromatic heterocycles. The minimum Gasteiger partial charge on any atom is -0.497 e. The number of ether oxygens (including phenoxy) is 2. The molecule has 144 valence electrons. The lowest BCUT2D eigenvalue weighted by Crippen LogP contribution is -2.40. The van der Waals surface area contributed by atoms with E-state index in [0.717, 1.165) is 25.0 Å². The molecule has 26 heavy (non-hydrogen) atoms. The zero-order valence-electron chi connectivity index (χ0n) is 15.7. The molecule has 1 aliphatic heterocycles. The van der Waals surface area contributed by atoms with Crippen LogP contribution in [-0.2, 0) is 4.79 Å². The van der Waals surface area contributed by atoms with Crippen molar-refractivity contribution < 1.29 is 19.1 Å². The lowest BCUT2D eigenvalue weighted by molar-refractivity contribution is -0.130. The van der Waals surface area contributed by atoms with E-state index in [1.807, 2.05) is 11.2 Å². The number of benzene rings is 1. The molecule has 1 aliphatic rings. The summed E-state index contributed by atoms with van der Waals surface area (Å²) in [5.41, 5.74) is 0.488. The fraction of sp³-hybridized carbons (Fsp3) is 0.579. The van der Waals surface area contributed by atoms with Crippen LogP contribution < -0.4 is 14.8 Å². The number of methoxy groups -OCH3 is 1. The molecule has 0 spiro atoms. The molecule has 1 N–H and O–H groups in total. The van der Waals surface area contributed by atoms with E-state index in [1.54, 1.807) is 44.0 Å².